The molecule has 16 aliphatic carbocycles. The van der Waals surface area contributed by atoms with Crippen molar-refractivity contribution in [2.75, 3.05) is 0 Å². The lowest BCUT2D eigenvalue weighted by atomic mass is 9.57. The van der Waals surface area contributed by atoms with Gasteiger partial charge in [-0.05, 0) is 333 Å². The normalized spacial score (nSPS) is 40.6. The summed E-state index contributed by atoms with van der Waals surface area (Å²) in [4.78, 5) is 0. The summed E-state index contributed by atoms with van der Waals surface area (Å²) in [6.45, 7) is 75.0. The van der Waals surface area contributed by atoms with Crippen LogP contribution in [0.4, 0.5) is 0 Å². The van der Waals surface area contributed by atoms with Crippen molar-refractivity contribution in [1.29, 1.82) is 0 Å². The SMILES string of the molecule is CC(C)C1C(C)(C)CCC1(C)C.CC1C2CCC(C2)[C@H]1C.CCC1(C)CC(C)(C)C(C)(C)C1.CCC1C(C)(C)CCC1(C)C.CCC1CC(C)(C)C(C)(C)C1.CCC1CC2CCC1C2.C[C@@H]1C2CCC(C2)C1(C)C.C[C@H]1CC2CCC1(C)CC2.C[C@H]1CC2CCC1CC2. The van der Waals surface area contributed by atoms with Crippen LogP contribution in [0.15, 0.2) is 0 Å². The highest BCUT2D eigenvalue weighted by Gasteiger charge is 2.53. The smallest absolute Gasteiger partial charge is 0.0288 e. The van der Waals surface area contributed by atoms with E-state index in [0.717, 1.165) is 118 Å². The molecular weight excluding hydrogens is 1120 g/mol. The van der Waals surface area contributed by atoms with Gasteiger partial charge in [0.05, 0.1) is 0 Å². The summed E-state index contributed by atoms with van der Waals surface area (Å²) in [6, 6.07) is 0. The highest BCUT2D eigenvalue weighted by atomic mass is 14.6. The molecule has 10 bridgehead atoms. The van der Waals surface area contributed by atoms with Crippen molar-refractivity contribution in [3.8, 4) is 0 Å². The Kier molecular flexibility index (Phi) is 27.9. The van der Waals surface area contributed by atoms with Crippen molar-refractivity contribution in [3.63, 3.8) is 0 Å². The highest BCUT2D eigenvalue weighted by Crippen LogP contribution is 2.63. The quantitative estimate of drug-likeness (QED) is 0.257. The van der Waals surface area contributed by atoms with E-state index in [0.29, 0.717) is 54.1 Å². The molecule has 16 aliphatic rings. The van der Waals surface area contributed by atoms with Crippen LogP contribution in [0.2, 0.25) is 0 Å². The molecule has 0 spiro atoms. The number of hydrogen-bond acceptors (Lipinski definition) is 0. The van der Waals surface area contributed by atoms with Gasteiger partial charge in [0, 0.05) is 0 Å². The first-order valence-electron chi connectivity index (χ1n) is 42.7. The Balaban J connectivity index is 0.000000166. The van der Waals surface area contributed by atoms with Gasteiger partial charge in [-0.15, -0.1) is 0 Å². The van der Waals surface area contributed by atoms with Gasteiger partial charge in [-0.25, -0.2) is 0 Å². The first kappa shape index (κ1) is 82.0. The largest absolute Gasteiger partial charge is 0.0651 e. The van der Waals surface area contributed by atoms with Crippen LogP contribution in [0.5, 0.6) is 0 Å². The summed E-state index contributed by atoms with van der Waals surface area (Å²) in [5.41, 5.74) is 6.52. The highest BCUT2D eigenvalue weighted by molar-refractivity contribution is 5.03. The maximum Gasteiger partial charge on any atom is -0.0288 e. The Morgan fingerprint density at radius 3 is 1.03 bits per heavy atom. The maximum absolute atomic E-state index is 2.49. The van der Waals surface area contributed by atoms with E-state index in [1.165, 1.54) is 141 Å². The molecule has 12 atom stereocenters. The van der Waals surface area contributed by atoms with Crippen molar-refractivity contribution < 1.29 is 0 Å². The van der Waals surface area contributed by atoms with Gasteiger partial charge in [0.15, 0.2) is 0 Å². The average molecular weight is 1290 g/mol. The summed E-state index contributed by atoms with van der Waals surface area (Å²) < 4.78 is 0. The monoisotopic (exact) mass is 1290 g/mol. The van der Waals surface area contributed by atoms with E-state index in [1.54, 1.807) is 64.2 Å². The minimum Gasteiger partial charge on any atom is -0.0651 e. The molecular formula is C93H176. The second kappa shape index (κ2) is 31.7. The average Bonchev–Trinajstić information content (AvgIpc) is 1.68. The Bertz CT molecular complexity index is 2110. The maximum atomic E-state index is 2.49. The standard InChI is InChI=1S/2C12H24.2C11H22.2C10H18.3C9H16/c1-9(2)10-11(3,4)7-8-12(10,5)6;1-7-12(6)8-10(2,3)11(4,5)9-12;1-6-9-7-10(2,3)11(4,5)8-9;1-6-9-10(2,3)7-8-11(9,4)5;1-7-8-4-5-9(6-8)10(7,2)3;1-8-7-9-3-5-10(8,2)6-4-9;1-6-7(2)9-4-3-8(6)5-9;1-7-6-8-2-4-9(7)5-3-8;1-2-8-5-7-3-4-9(8)6-7/h9-10H,7-8H2,1-6H3;7-9H2,1-6H3;2*9H,6-8H2,1-5H3;7-9H,4-6H2,1-3H3;8-9H,3-7H2,1-2H3;6-9H,3-5H2,1-2H3;2*7-9H,2-6H2,1H3/t;;;;7-,8?,9?;8-,9?,10?;6-,7?,8?,9?;7-,8?,9?;/m....1000./s1. The minimum atomic E-state index is 0.526. The first-order valence-corrected chi connectivity index (χ1v) is 42.7. The molecule has 0 amide bonds. The van der Waals surface area contributed by atoms with Gasteiger partial charge in [-0.3, -0.25) is 0 Å². The van der Waals surface area contributed by atoms with Crippen molar-refractivity contribution >= 4 is 0 Å². The third-order valence-electron chi connectivity index (χ3n) is 35.1. The molecule has 16 fully saturated rings. The molecule has 0 heteroatoms. The molecule has 8 unspecified atom stereocenters. The molecule has 16 saturated carbocycles. The van der Waals surface area contributed by atoms with E-state index in [-0.39, 0.29) is 0 Å². The van der Waals surface area contributed by atoms with Gasteiger partial charge < -0.3 is 0 Å². The van der Waals surface area contributed by atoms with Gasteiger partial charge in [-0.1, -0.05) is 260 Å². The zero-order valence-corrected chi connectivity index (χ0v) is 70.1. The van der Waals surface area contributed by atoms with E-state index in [9.17, 15) is 0 Å². The van der Waals surface area contributed by atoms with E-state index in [4.69, 9.17) is 0 Å². The topological polar surface area (TPSA) is 0 Å². The van der Waals surface area contributed by atoms with Crippen LogP contribution in [0.1, 0.15) is 420 Å². The molecule has 0 saturated heterocycles. The molecule has 0 aromatic heterocycles. The molecule has 0 aliphatic heterocycles. The lowest BCUT2D eigenvalue weighted by molar-refractivity contribution is 0.0209. The number of hydrogen-bond donors (Lipinski definition) is 0. The Morgan fingerprint density at radius 2 is 0.806 bits per heavy atom. The lowest BCUT2D eigenvalue weighted by Crippen LogP contribution is -2.38. The number of rotatable bonds is 5. The zero-order chi connectivity index (χ0) is 70.1. The van der Waals surface area contributed by atoms with E-state index in [1.807, 2.05) is 0 Å². The summed E-state index contributed by atoms with van der Waals surface area (Å²) >= 11 is 0. The third kappa shape index (κ3) is 19.8. The molecule has 0 N–H and O–H groups in total. The molecule has 0 radical (unpaired) electrons. The first-order chi connectivity index (χ1) is 42.7. The van der Waals surface area contributed by atoms with Gasteiger partial charge in [-0.2, -0.15) is 0 Å². The minimum absolute atomic E-state index is 0.526. The summed E-state index contributed by atoms with van der Waals surface area (Å²) in [7, 11) is 0. The van der Waals surface area contributed by atoms with Gasteiger partial charge in [0.2, 0.25) is 0 Å². The molecule has 16 rings (SSSR count). The molecule has 548 valence electrons. The molecule has 0 nitrogen and oxygen atoms in total. The predicted octanol–water partition coefficient (Wildman–Crippen LogP) is 30.7. The molecule has 93 heavy (non-hydrogen) atoms. The van der Waals surface area contributed by atoms with Gasteiger partial charge >= 0.3 is 0 Å². The van der Waals surface area contributed by atoms with E-state index >= 15 is 0 Å². The fourth-order valence-corrected chi connectivity index (χ4v) is 26.7. The molecule has 0 aromatic carbocycles. The van der Waals surface area contributed by atoms with Crippen LogP contribution < -0.4 is 0 Å². The Labute approximate surface area is 588 Å². The predicted molar refractivity (Wildman–Crippen MR) is 417 cm³/mol. The van der Waals surface area contributed by atoms with Crippen molar-refractivity contribution in [2.45, 2.75) is 420 Å². The number of fused-ring (bicyclic) bond motifs is 12. The third-order valence-corrected chi connectivity index (χ3v) is 35.1. The summed E-state index contributed by atoms with van der Waals surface area (Å²) in [6.07, 6.45) is 47.6. The van der Waals surface area contributed by atoms with Crippen molar-refractivity contribution in [3.05, 3.63) is 0 Å². The molecule has 0 heterocycles. The van der Waals surface area contributed by atoms with E-state index in [2.05, 4.69) is 215 Å². The lowest BCUT2D eigenvalue weighted by Gasteiger charge is -2.49. The zero-order valence-electron chi connectivity index (χ0n) is 70.1. The van der Waals surface area contributed by atoms with Crippen LogP contribution in [-0.4, -0.2) is 0 Å². The Morgan fingerprint density at radius 1 is 0.366 bits per heavy atom. The summed E-state index contributed by atoms with van der Waals surface area (Å²) in [5.74, 6) is 20.0. The van der Waals surface area contributed by atoms with Crippen molar-refractivity contribution in [2.24, 2.45) is 172 Å². The van der Waals surface area contributed by atoms with Gasteiger partial charge in [0.25, 0.3) is 0 Å². The fraction of sp³-hybridized carbons (Fsp3) is 1.00. The van der Waals surface area contributed by atoms with Crippen LogP contribution in [0, 0.1) is 172 Å². The van der Waals surface area contributed by atoms with Crippen LogP contribution >= 0.6 is 0 Å². The fourth-order valence-electron chi connectivity index (χ4n) is 26.7. The molecule has 0 aromatic rings. The van der Waals surface area contributed by atoms with Crippen LogP contribution in [0.3, 0.4) is 0 Å². The summed E-state index contributed by atoms with van der Waals surface area (Å²) in [5, 5.41) is 0. The van der Waals surface area contributed by atoms with E-state index < -0.39 is 0 Å². The second-order valence-electron chi connectivity index (χ2n) is 44.9. The second-order valence-corrected chi connectivity index (χ2v) is 44.9. The Hall–Kier alpha value is 0. The van der Waals surface area contributed by atoms with Crippen LogP contribution in [0.25, 0.3) is 0 Å². The van der Waals surface area contributed by atoms with Crippen LogP contribution in [-0.2, 0) is 0 Å². The van der Waals surface area contributed by atoms with Gasteiger partial charge in [0.1, 0.15) is 0 Å². The van der Waals surface area contributed by atoms with Crippen molar-refractivity contribution in [1.82, 2.24) is 0 Å².